The van der Waals surface area contributed by atoms with E-state index < -0.39 is 23.0 Å². The van der Waals surface area contributed by atoms with Gasteiger partial charge in [-0.25, -0.2) is 0 Å². The molecule has 0 radical (unpaired) electrons. The van der Waals surface area contributed by atoms with Crippen LogP contribution in [0.4, 0.5) is 13.2 Å². The third-order valence-corrected chi connectivity index (χ3v) is 5.83. The number of ether oxygens (including phenoxy) is 2. The third-order valence-electron chi connectivity index (χ3n) is 5.83. The highest BCUT2D eigenvalue weighted by Crippen LogP contribution is 2.41. The van der Waals surface area contributed by atoms with E-state index in [2.05, 4.69) is 28.8 Å². The molecule has 0 bridgehead atoms. The number of esters is 1. The van der Waals surface area contributed by atoms with Crippen LogP contribution in [0.3, 0.4) is 0 Å². The highest BCUT2D eigenvalue weighted by molar-refractivity contribution is 5.84. The highest BCUT2D eigenvalue weighted by Gasteiger charge is 2.53. The minimum absolute atomic E-state index is 0.0953. The average Bonchev–Trinajstić information content (AvgIpc) is 3.26. The molecule has 1 aliphatic rings. The minimum atomic E-state index is -4.31. The van der Waals surface area contributed by atoms with Gasteiger partial charge in [0.25, 0.3) is 0 Å². The zero-order chi connectivity index (χ0) is 26.9. The van der Waals surface area contributed by atoms with Crippen LogP contribution in [-0.4, -0.2) is 50.8 Å². The monoisotopic (exact) mass is 497 g/mol. The van der Waals surface area contributed by atoms with Gasteiger partial charge in [-0.2, -0.15) is 13.2 Å². The standard InChI is InChI=1S/C26H38F3N3O3/c1-9-11-20(18(3)12-13-19(10-2)35-17-24(4,5)23(33)34-8)30-15-14-22-31-16-21(32-22)25(6,7)26(27,28)29/h9-13,21,30H,1-2,14-17H2,3-8H3,(H,31,32)/b18-12+,19-13+,20-11-/t21-/m1/s1. The maximum Gasteiger partial charge on any atom is 0.396 e. The Morgan fingerprint density at radius 1 is 1.20 bits per heavy atom. The lowest BCUT2D eigenvalue weighted by Crippen LogP contribution is -2.50. The molecule has 0 aromatic heterocycles. The lowest BCUT2D eigenvalue weighted by molar-refractivity contribution is -0.218. The van der Waals surface area contributed by atoms with Crippen LogP contribution in [0.15, 0.2) is 65.6 Å². The van der Waals surface area contributed by atoms with Gasteiger partial charge in [-0.15, -0.1) is 0 Å². The summed E-state index contributed by atoms with van der Waals surface area (Å²) in [6.07, 6.45) is 4.69. The number of nitrogens with one attached hydrogen (secondary N) is 2. The molecule has 0 aliphatic carbocycles. The highest BCUT2D eigenvalue weighted by atomic mass is 19.4. The minimum Gasteiger partial charge on any atom is -0.492 e. The van der Waals surface area contributed by atoms with Gasteiger partial charge in [-0.3, -0.25) is 9.79 Å². The normalized spacial score (nSPS) is 17.9. The largest absolute Gasteiger partial charge is 0.492 e. The number of rotatable bonds is 13. The topological polar surface area (TPSA) is 72.0 Å². The van der Waals surface area contributed by atoms with Crippen molar-refractivity contribution in [3.63, 3.8) is 0 Å². The van der Waals surface area contributed by atoms with E-state index in [1.807, 2.05) is 13.0 Å². The molecule has 35 heavy (non-hydrogen) atoms. The molecular formula is C26H38F3N3O3. The Bertz CT molecular complexity index is 897. The number of amidine groups is 1. The van der Waals surface area contributed by atoms with Crippen molar-refractivity contribution in [2.75, 3.05) is 26.8 Å². The summed E-state index contributed by atoms with van der Waals surface area (Å²) >= 11 is 0. The molecule has 1 heterocycles. The number of allylic oxidation sites excluding steroid dienone is 6. The maximum atomic E-state index is 13.3. The molecule has 0 aromatic carbocycles. The van der Waals surface area contributed by atoms with E-state index >= 15 is 0 Å². The Balaban J connectivity index is 2.73. The van der Waals surface area contributed by atoms with Crippen molar-refractivity contribution < 1.29 is 27.4 Å². The van der Waals surface area contributed by atoms with Gasteiger partial charge >= 0.3 is 12.1 Å². The van der Waals surface area contributed by atoms with Gasteiger partial charge in [0.1, 0.15) is 12.4 Å². The van der Waals surface area contributed by atoms with Crippen LogP contribution in [0, 0.1) is 10.8 Å². The van der Waals surface area contributed by atoms with Gasteiger partial charge in [-0.05, 0) is 58.4 Å². The molecule has 0 aromatic rings. The number of carbonyl (C=O) groups is 1. The van der Waals surface area contributed by atoms with Gasteiger partial charge in [0.15, 0.2) is 0 Å². The van der Waals surface area contributed by atoms with Crippen LogP contribution in [-0.2, 0) is 14.3 Å². The van der Waals surface area contributed by atoms with Crippen LogP contribution in [0.25, 0.3) is 0 Å². The van der Waals surface area contributed by atoms with E-state index in [4.69, 9.17) is 9.47 Å². The van der Waals surface area contributed by atoms with E-state index in [0.29, 0.717) is 24.6 Å². The fourth-order valence-electron chi connectivity index (χ4n) is 3.09. The molecule has 0 spiro atoms. The number of hydrogen-bond acceptors (Lipinski definition) is 6. The zero-order valence-corrected chi connectivity index (χ0v) is 21.5. The molecule has 2 N–H and O–H groups in total. The predicted molar refractivity (Wildman–Crippen MR) is 134 cm³/mol. The maximum absolute atomic E-state index is 13.3. The second kappa shape index (κ2) is 12.7. The van der Waals surface area contributed by atoms with Crippen LogP contribution in [0.5, 0.6) is 0 Å². The first kappa shape index (κ1) is 30.1. The van der Waals surface area contributed by atoms with E-state index in [1.165, 1.54) is 21.0 Å². The van der Waals surface area contributed by atoms with Crippen molar-refractivity contribution in [3.05, 3.63) is 60.6 Å². The van der Waals surface area contributed by atoms with E-state index in [-0.39, 0.29) is 19.1 Å². The Morgan fingerprint density at radius 3 is 2.40 bits per heavy atom. The van der Waals surface area contributed by atoms with Gasteiger partial charge in [0, 0.05) is 18.7 Å². The summed E-state index contributed by atoms with van der Waals surface area (Å²) in [5, 5.41) is 6.20. The Hall–Kier alpha value is -2.97. The fourth-order valence-corrected chi connectivity index (χ4v) is 3.09. The number of hydrogen-bond donors (Lipinski definition) is 2. The summed E-state index contributed by atoms with van der Waals surface area (Å²) in [7, 11) is 1.33. The summed E-state index contributed by atoms with van der Waals surface area (Å²) in [6, 6.07) is -0.783. The molecule has 1 aliphatic heterocycles. The molecule has 9 heteroatoms. The lowest BCUT2D eigenvalue weighted by Gasteiger charge is -2.33. The number of halogens is 3. The predicted octanol–water partition coefficient (Wildman–Crippen LogP) is 5.23. The van der Waals surface area contributed by atoms with E-state index in [1.54, 1.807) is 38.2 Å². The number of nitrogens with zero attached hydrogens (tertiary/aromatic N) is 1. The number of methoxy groups -OCH3 is 1. The molecular weight excluding hydrogens is 459 g/mol. The second-order valence-corrected chi connectivity index (χ2v) is 9.48. The van der Waals surface area contributed by atoms with Crippen LogP contribution < -0.4 is 10.6 Å². The first-order chi connectivity index (χ1) is 16.2. The molecule has 0 fully saturated rings. The first-order valence-electron chi connectivity index (χ1n) is 11.4. The van der Waals surface area contributed by atoms with Crippen LogP contribution in [0.1, 0.15) is 41.0 Å². The summed E-state index contributed by atoms with van der Waals surface area (Å²) in [5.41, 5.74) is -1.02. The zero-order valence-electron chi connectivity index (χ0n) is 21.5. The van der Waals surface area contributed by atoms with Crippen molar-refractivity contribution in [3.8, 4) is 0 Å². The fraction of sp³-hybridized carbons (Fsp3) is 0.538. The Kier molecular flexibility index (Phi) is 10.9. The summed E-state index contributed by atoms with van der Waals surface area (Å²) in [5.74, 6) is 0.666. The van der Waals surface area contributed by atoms with Gasteiger partial charge in [-0.1, -0.05) is 25.3 Å². The number of alkyl halides is 3. The van der Waals surface area contributed by atoms with Crippen molar-refractivity contribution in [1.29, 1.82) is 0 Å². The molecule has 6 nitrogen and oxygen atoms in total. The van der Waals surface area contributed by atoms with Crippen molar-refractivity contribution in [2.24, 2.45) is 15.8 Å². The van der Waals surface area contributed by atoms with Crippen molar-refractivity contribution >= 4 is 11.8 Å². The third kappa shape index (κ3) is 8.64. The summed E-state index contributed by atoms with van der Waals surface area (Å²) in [4.78, 5) is 16.1. The van der Waals surface area contributed by atoms with Crippen molar-refractivity contribution in [1.82, 2.24) is 10.6 Å². The second-order valence-electron chi connectivity index (χ2n) is 9.48. The molecule has 1 rings (SSSR count). The van der Waals surface area contributed by atoms with Gasteiger partial charge < -0.3 is 20.1 Å². The Labute approximate surface area is 206 Å². The van der Waals surface area contributed by atoms with Crippen LogP contribution in [0.2, 0.25) is 0 Å². The SMILES string of the molecule is C=C/C=C(NCCC1=NC[C@H](C(C)(C)C(F)(F)F)N1)/C(C)=C/C=C(\C=C)OCC(C)(C)C(=O)OC. The lowest BCUT2D eigenvalue weighted by atomic mass is 9.84. The van der Waals surface area contributed by atoms with E-state index in [0.717, 1.165) is 11.3 Å². The molecule has 0 unspecified atom stereocenters. The van der Waals surface area contributed by atoms with Crippen molar-refractivity contribution in [2.45, 2.75) is 53.3 Å². The van der Waals surface area contributed by atoms with Crippen LogP contribution >= 0.6 is 0 Å². The summed E-state index contributed by atoms with van der Waals surface area (Å²) < 4.78 is 50.4. The number of aliphatic imine (C=N–C) groups is 1. The van der Waals surface area contributed by atoms with E-state index in [9.17, 15) is 18.0 Å². The smallest absolute Gasteiger partial charge is 0.396 e. The molecule has 0 amide bonds. The van der Waals surface area contributed by atoms with Gasteiger partial charge in [0.05, 0.1) is 36.4 Å². The molecule has 0 saturated carbocycles. The molecule has 1 atom stereocenters. The molecule has 0 saturated heterocycles. The average molecular weight is 498 g/mol. The summed E-state index contributed by atoms with van der Waals surface area (Å²) in [6.45, 7) is 15.9. The molecule has 196 valence electrons. The number of carbonyl (C=O) groups excluding carboxylic acids is 1. The first-order valence-corrected chi connectivity index (χ1v) is 11.4. The Morgan fingerprint density at radius 2 is 1.86 bits per heavy atom. The quantitative estimate of drug-likeness (QED) is 0.207. The van der Waals surface area contributed by atoms with Gasteiger partial charge in [0.2, 0.25) is 0 Å².